The van der Waals surface area contributed by atoms with E-state index in [2.05, 4.69) is 25.3 Å². The van der Waals surface area contributed by atoms with E-state index in [-0.39, 0.29) is 33.2 Å². The summed E-state index contributed by atoms with van der Waals surface area (Å²) in [7, 11) is 0. The number of nitrogens with zero attached hydrogens (tertiary/aromatic N) is 1. The number of fused-ring (bicyclic) bond motifs is 1. The van der Waals surface area contributed by atoms with Crippen LogP contribution in [0.5, 0.6) is 11.5 Å². The van der Waals surface area contributed by atoms with Crippen molar-refractivity contribution >= 4 is 40.7 Å². The molecule has 11 heteroatoms. The summed E-state index contributed by atoms with van der Waals surface area (Å²) in [5.74, 6) is -1.30. The Balaban J connectivity index is 1.55. The van der Waals surface area contributed by atoms with Crippen LogP contribution in [0.1, 0.15) is 26.5 Å². The molecule has 148 valence electrons. The minimum Gasteiger partial charge on any atom is -0.454 e. The van der Waals surface area contributed by atoms with Crippen LogP contribution in [-0.2, 0) is 6.42 Å². The average molecular weight is 435 g/mol. The summed E-state index contributed by atoms with van der Waals surface area (Å²) >= 11 is 12.5. The van der Waals surface area contributed by atoms with E-state index >= 15 is 0 Å². The minimum atomic E-state index is -0.850. The molecule has 4 rings (SSSR count). The first kappa shape index (κ1) is 19.0. The van der Waals surface area contributed by atoms with Gasteiger partial charge in [-0.15, -0.1) is 0 Å². The van der Waals surface area contributed by atoms with E-state index < -0.39 is 11.7 Å². The normalized spacial score (nSPS) is 12.8. The lowest BCUT2D eigenvalue weighted by atomic mass is 10.0. The Morgan fingerprint density at radius 3 is 2.62 bits per heavy atom. The molecule has 0 saturated carbocycles. The maximum absolute atomic E-state index is 12.0. The molecular weight excluding hydrogens is 423 g/mol. The quantitative estimate of drug-likeness (QED) is 0.579. The number of benzene rings is 2. The van der Waals surface area contributed by atoms with Crippen molar-refractivity contribution in [2.45, 2.75) is 6.42 Å². The van der Waals surface area contributed by atoms with Crippen LogP contribution in [0.2, 0.25) is 10.0 Å². The predicted molar refractivity (Wildman–Crippen MR) is 104 cm³/mol. The van der Waals surface area contributed by atoms with Gasteiger partial charge in [-0.1, -0.05) is 23.2 Å². The summed E-state index contributed by atoms with van der Waals surface area (Å²) in [4.78, 5) is 36.9. The lowest BCUT2D eigenvalue weighted by Gasteiger charge is -2.18. The highest BCUT2D eigenvalue weighted by molar-refractivity contribution is 6.37. The maximum atomic E-state index is 12.0. The number of ether oxygens (including phenoxy) is 1. The number of H-pyrrole nitrogens is 1. The molecule has 2 aromatic carbocycles. The van der Waals surface area contributed by atoms with Gasteiger partial charge in [0, 0.05) is 17.8 Å². The summed E-state index contributed by atoms with van der Waals surface area (Å²) < 4.78 is 10.1. The van der Waals surface area contributed by atoms with Gasteiger partial charge in [-0.2, -0.15) is 0 Å². The number of amides is 2. The number of halogens is 2. The Kier molecular flexibility index (Phi) is 4.99. The second kappa shape index (κ2) is 7.61. The lowest BCUT2D eigenvalue weighted by Crippen LogP contribution is -2.31. The Morgan fingerprint density at radius 1 is 1.17 bits per heavy atom. The molecule has 0 unspecified atom stereocenters. The third-order valence-corrected chi connectivity index (χ3v) is 4.69. The zero-order chi connectivity index (χ0) is 20.5. The number of anilines is 1. The standard InChI is InChI=1S/C18H12Cl2N4O5/c19-12-6-9(22-17(26)15-23-18(27)29-24-15)7-13(20)14(12)28-10-1-2-11-8(5-10)3-4-21-16(11)25/h1-2,5-7H,3-4H2,(H,21,25)(H,22,26)(H,23,24,27). The van der Waals surface area contributed by atoms with Crippen LogP contribution in [0.3, 0.4) is 0 Å². The fraction of sp³-hybridized carbons (Fsp3) is 0.111. The lowest BCUT2D eigenvalue weighted by molar-refractivity contribution is 0.0945. The third kappa shape index (κ3) is 3.96. The van der Waals surface area contributed by atoms with Crippen molar-refractivity contribution in [2.75, 3.05) is 11.9 Å². The van der Waals surface area contributed by atoms with Crippen LogP contribution < -0.4 is 21.1 Å². The van der Waals surface area contributed by atoms with E-state index in [9.17, 15) is 14.4 Å². The monoisotopic (exact) mass is 434 g/mol. The van der Waals surface area contributed by atoms with Gasteiger partial charge in [0.05, 0.1) is 10.0 Å². The molecule has 0 saturated heterocycles. The molecule has 3 N–H and O–H groups in total. The van der Waals surface area contributed by atoms with Crippen molar-refractivity contribution in [3.8, 4) is 11.5 Å². The van der Waals surface area contributed by atoms with Crippen molar-refractivity contribution in [3.63, 3.8) is 0 Å². The van der Waals surface area contributed by atoms with Crippen LogP contribution in [0.15, 0.2) is 39.6 Å². The summed E-state index contributed by atoms with van der Waals surface area (Å²) in [5.41, 5.74) is 1.73. The number of hydrogen-bond donors (Lipinski definition) is 3. The Labute approximate surface area is 172 Å². The molecule has 2 heterocycles. The maximum Gasteiger partial charge on any atom is 0.439 e. The highest BCUT2D eigenvalue weighted by Crippen LogP contribution is 2.39. The van der Waals surface area contributed by atoms with Gasteiger partial charge < -0.3 is 15.4 Å². The van der Waals surface area contributed by atoms with Gasteiger partial charge >= 0.3 is 5.76 Å². The number of rotatable bonds is 4. The first-order valence-electron chi connectivity index (χ1n) is 8.36. The van der Waals surface area contributed by atoms with Gasteiger partial charge in [-0.05, 0) is 47.5 Å². The van der Waals surface area contributed by atoms with Crippen LogP contribution in [0, 0.1) is 0 Å². The van der Waals surface area contributed by atoms with Gasteiger partial charge in [0.15, 0.2) is 5.75 Å². The number of nitrogens with one attached hydrogen (secondary N) is 3. The van der Waals surface area contributed by atoms with Crippen molar-refractivity contribution in [1.82, 2.24) is 15.5 Å². The third-order valence-electron chi connectivity index (χ3n) is 4.13. The van der Waals surface area contributed by atoms with Crippen LogP contribution in [-0.4, -0.2) is 28.5 Å². The second-order valence-electron chi connectivity index (χ2n) is 6.09. The van der Waals surface area contributed by atoms with Crippen LogP contribution in [0.4, 0.5) is 5.69 Å². The summed E-state index contributed by atoms with van der Waals surface area (Å²) in [6.45, 7) is 0.558. The Morgan fingerprint density at radius 2 is 1.93 bits per heavy atom. The second-order valence-corrected chi connectivity index (χ2v) is 6.91. The van der Waals surface area contributed by atoms with Crippen molar-refractivity contribution in [1.29, 1.82) is 0 Å². The number of aromatic nitrogens is 2. The number of hydrogen-bond acceptors (Lipinski definition) is 6. The number of aromatic amines is 1. The molecule has 3 aromatic rings. The van der Waals surface area contributed by atoms with Crippen LogP contribution in [0.25, 0.3) is 0 Å². The molecular formula is C18H12Cl2N4O5. The van der Waals surface area contributed by atoms with Crippen molar-refractivity contribution in [2.24, 2.45) is 0 Å². The number of carbonyl (C=O) groups excluding carboxylic acids is 2. The van der Waals surface area contributed by atoms with Gasteiger partial charge in [-0.25, -0.2) is 4.79 Å². The molecule has 0 atom stereocenters. The highest BCUT2D eigenvalue weighted by atomic mass is 35.5. The first-order chi connectivity index (χ1) is 13.9. The molecule has 0 aliphatic carbocycles. The molecule has 0 bridgehead atoms. The molecule has 0 fully saturated rings. The summed E-state index contributed by atoms with van der Waals surface area (Å²) in [6, 6.07) is 7.95. The fourth-order valence-corrected chi connectivity index (χ4v) is 3.40. The topological polar surface area (TPSA) is 126 Å². The first-order valence-corrected chi connectivity index (χ1v) is 9.11. The summed E-state index contributed by atoms with van der Waals surface area (Å²) in [5, 5.41) is 8.86. The van der Waals surface area contributed by atoms with E-state index in [1.165, 1.54) is 12.1 Å². The van der Waals surface area contributed by atoms with Crippen molar-refractivity contribution in [3.05, 3.63) is 67.9 Å². The van der Waals surface area contributed by atoms with Crippen LogP contribution >= 0.6 is 23.2 Å². The van der Waals surface area contributed by atoms with E-state index in [0.717, 1.165) is 5.56 Å². The largest absolute Gasteiger partial charge is 0.454 e. The van der Waals surface area contributed by atoms with E-state index in [4.69, 9.17) is 27.9 Å². The van der Waals surface area contributed by atoms with Crippen molar-refractivity contribution < 1.29 is 18.8 Å². The minimum absolute atomic E-state index is 0.123. The average Bonchev–Trinajstić information content (AvgIpc) is 3.11. The molecule has 1 aliphatic rings. The van der Waals surface area contributed by atoms with Gasteiger partial charge in [0.2, 0.25) is 5.82 Å². The molecule has 1 aromatic heterocycles. The van der Waals surface area contributed by atoms with E-state index in [1.54, 1.807) is 18.2 Å². The zero-order valence-electron chi connectivity index (χ0n) is 14.5. The summed E-state index contributed by atoms with van der Waals surface area (Å²) in [6.07, 6.45) is 0.689. The van der Waals surface area contributed by atoms with Gasteiger partial charge in [0.1, 0.15) is 5.75 Å². The van der Waals surface area contributed by atoms with E-state index in [0.29, 0.717) is 24.3 Å². The Bertz CT molecular complexity index is 1160. The molecule has 1 aliphatic heterocycles. The zero-order valence-corrected chi connectivity index (χ0v) is 16.1. The van der Waals surface area contributed by atoms with Gasteiger partial charge in [0.25, 0.3) is 11.8 Å². The fourth-order valence-electron chi connectivity index (χ4n) is 2.83. The molecule has 0 radical (unpaired) electrons. The highest BCUT2D eigenvalue weighted by Gasteiger charge is 2.19. The number of carbonyl (C=O) groups is 2. The smallest absolute Gasteiger partial charge is 0.439 e. The molecule has 2 amide bonds. The molecule has 29 heavy (non-hydrogen) atoms. The van der Waals surface area contributed by atoms with Gasteiger partial charge in [-0.3, -0.25) is 19.1 Å². The predicted octanol–water partition coefficient (Wildman–Crippen LogP) is 3.00. The molecule has 9 nitrogen and oxygen atoms in total. The molecule has 0 spiro atoms. The Hall–Kier alpha value is -3.30. The SMILES string of the molecule is O=C(Nc1cc(Cl)c(Oc2ccc3c(c2)CCNC3=O)c(Cl)c1)c1noc(=O)[nH]1. The van der Waals surface area contributed by atoms with E-state index in [1.807, 2.05) is 0 Å².